The van der Waals surface area contributed by atoms with Crippen molar-refractivity contribution < 1.29 is 4.79 Å². The molecule has 0 aliphatic carbocycles. The molecule has 1 aliphatic rings. The van der Waals surface area contributed by atoms with Gasteiger partial charge in [-0.05, 0) is 32.2 Å². The highest BCUT2D eigenvalue weighted by Gasteiger charge is 2.18. The summed E-state index contributed by atoms with van der Waals surface area (Å²) in [4.78, 5) is 22.5. The Morgan fingerprint density at radius 2 is 1.88 bits per heavy atom. The maximum atomic E-state index is 12.2. The second-order valence-corrected chi connectivity index (χ2v) is 7.70. The maximum Gasteiger partial charge on any atom is 0.230 e. The molecule has 1 fully saturated rings. The van der Waals surface area contributed by atoms with E-state index in [-0.39, 0.29) is 5.91 Å². The van der Waals surface area contributed by atoms with E-state index in [2.05, 4.69) is 58.3 Å². The third-order valence-corrected chi connectivity index (χ3v) is 5.55. The molecule has 1 aromatic heterocycles. The minimum absolute atomic E-state index is 0.0451. The summed E-state index contributed by atoms with van der Waals surface area (Å²) in [5.74, 6) is 1.46. The molecule has 0 unspecified atom stereocenters. The predicted octanol–water partition coefficient (Wildman–Crippen LogP) is 2.55. The summed E-state index contributed by atoms with van der Waals surface area (Å²) in [5, 5.41) is 3.03. The lowest BCUT2D eigenvalue weighted by molar-refractivity contribution is -0.118. The number of likely N-dealkylation sites (N-methyl/N-ethyl adjacent to an activating group) is 1. The number of thioether (sulfide) groups is 1. The third-order valence-electron chi connectivity index (χ3n) is 4.54. The van der Waals surface area contributed by atoms with Crippen LogP contribution in [-0.2, 0) is 11.3 Å². The van der Waals surface area contributed by atoms with Gasteiger partial charge in [0.25, 0.3) is 0 Å². The second kappa shape index (κ2) is 9.05. The van der Waals surface area contributed by atoms with E-state index in [9.17, 15) is 4.79 Å². The van der Waals surface area contributed by atoms with Gasteiger partial charge in [0.2, 0.25) is 5.91 Å². The number of aryl methyl sites for hydroxylation is 1. The number of hydrogen-bond donors (Lipinski definition) is 1. The third kappa shape index (κ3) is 5.22. The fourth-order valence-corrected chi connectivity index (χ4v) is 3.63. The minimum Gasteiger partial charge on any atom is -0.354 e. The van der Waals surface area contributed by atoms with Crippen molar-refractivity contribution in [3.63, 3.8) is 0 Å². The van der Waals surface area contributed by atoms with Crippen LogP contribution in [0.2, 0.25) is 0 Å². The lowest BCUT2D eigenvalue weighted by atomic mass is 10.2. The number of anilines is 1. The molecule has 1 saturated heterocycles. The van der Waals surface area contributed by atoms with Crippen LogP contribution in [0.3, 0.4) is 0 Å². The number of pyridine rings is 1. The van der Waals surface area contributed by atoms with Crippen molar-refractivity contribution in [1.82, 2.24) is 15.2 Å². The summed E-state index contributed by atoms with van der Waals surface area (Å²) in [5.41, 5.74) is 2.30. The van der Waals surface area contributed by atoms with Crippen LogP contribution in [0.4, 0.5) is 5.82 Å². The van der Waals surface area contributed by atoms with Crippen LogP contribution < -0.4 is 10.2 Å². The van der Waals surface area contributed by atoms with Gasteiger partial charge in [0.05, 0.1) is 5.75 Å². The molecule has 2 heterocycles. The van der Waals surface area contributed by atoms with Crippen molar-refractivity contribution in [1.29, 1.82) is 0 Å². The average molecular weight is 371 g/mol. The standard InChI is InChI=1S/C20H26N4OS/c1-16-5-7-18(8-6-16)26-15-19(25)22-14-17-4-3-9-21-20(17)24-12-10-23(2)11-13-24/h3-9H,10-15H2,1-2H3,(H,22,25). The topological polar surface area (TPSA) is 48.5 Å². The van der Waals surface area contributed by atoms with Crippen LogP contribution in [-0.4, -0.2) is 54.8 Å². The van der Waals surface area contributed by atoms with E-state index < -0.39 is 0 Å². The van der Waals surface area contributed by atoms with E-state index in [4.69, 9.17) is 0 Å². The zero-order chi connectivity index (χ0) is 18.4. The van der Waals surface area contributed by atoms with E-state index in [1.807, 2.05) is 18.3 Å². The average Bonchev–Trinajstić information content (AvgIpc) is 2.67. The van der Waals surface area contributed by atoms with Gasteiger partial charge < -0.3 is 15.1 Å². The van der Waals surface area contributed by atoms with Crippen molar-refractivity contribution >= 4 is 23.5 Å². The first-order valence-electron chi connectivity index (χ1n) is 8.95. The van der Waals surface area contributed by atoms with Crippen molar-refractivity contribution in [3.05, 3.63) is 53.7 Å². The summed E-state index contributed by atoms with van der Waals surface area (Å²) in [6.07, 6.45) is 1.83. The number of carbonyl (C=O) groups is 1. The van der Waals surface area contributed by atoms with Gasteiger partial charge in [0.15, 0.2) is 0 Å². The Kier molecular flexibility index (Phi) is 6.52. The van der Waals surface area contributed by atoms with Crippen molar-refractivity contribution in [2.75, 3.05) is 43.9 Å². The number of piperazine rings is 1. The Morgan fingerprint density at radius 3 is 2.62 bits per heavy atom. The van der Waals surface area contributed by atoms with Gasteiger partial charge in [-0.15, -0.1) is 11.8 Å². The van der Waals surface area contributed by atoms with Crippen molar-refractivity contribution in [3.8, 4) is 0 Å². The highest BCUT2D eigenvalue weighted by molar-refractivity contribution is 8.00. The summed E-state index contributed by atoms with van der Waals surface area (Å²) >= 11 is 1.56. The SMILES string of the molecule is Cc1ccc(SCC(=O)NCc2cccnc2N2CCN(C)CC2)cc1. The quantitative estimate of drug-likeness (QED) is 0.792. The first-order valence-corrected chi connectivity index (χ1v) is 9.94. The lowest BCUT2D eigenvalue weighted by Crippen LogP contribution is -2.45. The Labute approximate surface area is 159 Å². The van der Waals surface area contributed by atoms with Crippen LogP contribution in [0.25, 0.3) is 0 Å². The van der Waals surface area contributed by atoms with Gasteiger partial charge in [-0.1, -0.05) is 23.8 Å². The van der Waals surface area contributed by atoms with E-state index in [1.165, 1.54) is 5.56 Å². The first-order chi connectivity index (χ1) is 12.6. The van der Waals surface area contributed by atoms with Crippen LogP contribution in [0.5, 0.6) is 0 Å². The number of nitrogens with zero attached hydrogens (tertiary/aromatic N) is 3. The Hall–Kier alpha value is -2.05. The number of aromatic nitrogens is 1. The Balaban J connectivity index is 1.52. The van der Waals surface area contributed by atoms with Gasteiger partial charge in [-0.25, -0.2) is 4.98 Å². The first kappa shape index (κ1) is 18.7. The molecule has 3 rings (SSSR count). The van der Waals surface area contributed by atoms with E-state index >= 15 is 0 Å². The fraction of sp³-hybridized carbons (Fsp3) is 0.400. The smallest absolute Gasteiger partial charge is 0.230 e. The van der Waals surface area contributed by atoms with Gasteiger partial charge in [-0.2, -0.15) is 0 Å². The molecule has 0 atom stereocenters. The van der Waals surface area contributed by atoms with Gasteiger partial charge in [0.1, 0.15) is 5.82 Å². The predicted molar refractivity (Wildman–Crippen MR) is 108 cm³/mol. The maximum absolute atomic E-state index is 12.2. The zero-order valence-electron chi connectivity index (χ0n) is 15.4. The summed E-state index contributed by atoms with van der Waals surface area (Å²) < 4.78 is 0. The largest absolute Gasteiger partial charge is 0.354 e. The Bertz CT molecular complexity index is 727. The van der Waals surface area contributed by atoms with Crippen LogP contribution in [0.15, 0.2) is 47.5 Å². The molecule has 0 saturated carbocycles. The van der Waals surface area contributed by atoms with Crippen LogP contribution >= 0.6 is 11.8 Å². The molecular formula is C20H26N4OS. The highest BCUT2D eigenvalue weighted by Crippen LogP contribution is 2.20. The summed E-state index contributed by atoms with van der Waals surface area (Å²) in [6.45, 7) is 6.59. The lowest BCUT2D eigenvalue weighted by Gasteiger charge is -2.34. The Morgan fingerprint density at radius 1 is 1.15 bits per heavy atom. The number of benzene rings is 1. The van der Waals surface area contributed by atoms with E-state index in [0.717, 1.165) is 42.5 Å². The van der Waals surface area contributed by atoms with Crippen molar-refractivity contribution in [2.24, 2.45) is 0 Å². The molecule has 26 heavy (non-hydrogen) atoms. The number of hydrogen-bond acceptors (Lipinski definition) is 5. The number of amides is 1. The molecule has 1 aliphatic heterocycles. The minimum atomic E-state index is 0.0451. The van der Waals surface area contributed by atoms with Gasteiger partial charge in [0, 0.05) is 49.4 Å². The molecule has 6 heteroatoms. The van der Waals surface area contributed by atoms with Crippen molar-refractivity contribution in [2.45, 2.75) is 18.4 Å². The summed E-state index contributed by atoms with van der Waals surface area (Å²) in [7, 11) is 2.14. The highest BCUT2D eigenvalue weighted by atomic mass is 32.2. The van der Waals surface area contributed by atoms with Gasteiger partial charge in [-0.3, -0.25) is 4.79 Å². The molecule has 1 N–H and O–H groups in total. The molecule has 2 aromatic rings. The molecule has 0 bridgehead atoms. The second-order valence-electron chi connectivity index (χ2n) is 6.65. The van der Waals surface area contributed by atoms with E-state index in [1.54, 1.807) is 11.8 Å². The normalized spacial score (nSPS) is 15.1. The fourth-order valence-electron chi connectivity index (χ4n) is 2.90. The molecule has 5 nitrogen and oxygen atoms in total. The number of nitrogens with one attached hydrogen (secondary N) is 1. The number of rotatable bonds is 6. The molecular weight excluding hydrogens is 344 g/mol. The number of carbonyl (C=O) groups excluding carboxylic acids is 1. The van der Waals surface area contributed by atoms with Crippen LogP contribution in [0, 0.1) is 6.92 Å². The van der Waals surface area contributed by atoms with E-state index in [0.29, 0.717) is 12.3 Å². The van der Waals surface area contributed by atoms with Crippen LogP contribution in [0.1, 0.15) is 11.1 Å². The molecule has 0 radical (unpaired) electrons. The molecule has 1 amide bonds. The molecule has 0 spiro atoms. The summed E-state index contributed by atoms with van der Waals surface area (Å²) in [6, 6.07) is 12.2. The van der Waals surface area contributed by atoms with Gasteiger partial charge >= 0.3 is 0 Å². The zero-order valence-corrected chi connectivity index (χ0v) is 16.3. The monoisotopic (exact) mass is 370 g/mol. The molecule has 1 aromatic carbocycles. The molecule has 138 valence electrons.